The third-order valence-corrected chi connectivity index (χ3v) is 6.15. The zero-order valence-electron chi connectivity index (χ0n) is 20.5. The first-order valence-electron chi connectivity index (χ1n) is 11.9. The standard InChI is InChI=1S/C22H36N2O12/c1-4-34-21(33)16(10(2)35-22-19(31)18(30)17(29)11(3)36-22)23-20(32)13-8-12(25)9-24(13)14(26)6-5-7-15(27)28/h10-13,16-19,22,25,29-31H,4-9H2,1-3H3,(H,23,32)(H,27,28)/t10-,11+,12+,13+,16+,17-,18?,19?,22-/m1/s1. The van der Waals surface area contributed by atoms with Gasteiger partial charge in [0.05, 0.1) is 24.9 Å². The van der Waals surface area contributed by atoms with E-state index in [0.717, 1.165) is 4.90 Å². The number of carbonyl (C=O) groups is 4. The Morgan fingerprint density at radius 2 is 1.75 bits per heavy atom. The molecule has 2 amide bonds. The Bertz CT molecular complexity index is 795. The highest BCUT2D eigenvalue weighted by atomic mass is 16.7. The van der Waals surface area contributed by atoms with E-state index in [0.29, 0.717) is 0 Å². The predicted molar refractivity (Wildman–Crippen MR) is 119 cm³/mol. The van der Waals surface area contributed by atoms with E-state index in [1.165, 1.54) is 13.8 Å². The summed E-state index contributed by atoms with van der Waals surface area (Å²) in [6, 6.07) is -2.52. The number of carboxylic acid groups (broad SMARTS) is 1. The van der Waals surface area contributed by atoms with E-state index < -0.39 is 78.8 Å². The summed E-state index contributed by atoms with van der Waals surface area (Å²) < 4.78 is 16.0. The van der Waals surface area contributed by atoms with Crippen LogP contribution in [0.4, 0.5) is 0 Å². The van der Waals surface area contributed by atoms with Gasteiger partial charge in [-0.1, -0.05) is 0 Å². The summed E-state index contributed by atoms with van der Waals surface area (Å²) >= 11 is 0. The van der Waals surface area contributed by atoms with E-state index >= 15 is 0 Å². The highest BCUT2D eigenvalue weighted by molar-refractivity contribution is 5.91. The number of rotatable bonds is 11. The molecule has 36 heavy (non-hydrogen) atoms. The van der Waals surface area contributed by atoms with Crippen molar-refractivity contribution in [3.05, 3.63) is 0 Å². The van der Waals surface area contributed by atoms with Crippen molar-refractivity contribution in [3.63, 3.8) is 0 Å². The Balaban J connectivity index is 2.12. The van der Waals surface area contributed by atoms with Gasteiger partial charge < -0.3 is 50.0 Å². The summed E-state index contributed by atoms with van der Waals surface area (Å²) in [4.78, 5) is 50.1. The number of likely N-dealkylation sites (tertiary alicyclic amines) is 1. The van der Waals surface area contributed by atoms with Gasteiger partial charge in [0.25, 0.3) is 0 Å². The number of β-amino-alcohol motifs (C(OH)–C–C–N with tert-alkyl or cyclic N) is 1. The molecule has 0 spiro atoms. The number of carbonyl (C=O) groups excluding carboxylic acids is 3. The zero-order valence-corrected chi connectivity index (χ0v) is 20.5. The van der Waals surface area contributed by atoms with Crippen molar-refractivity contribution in [3.8, 4) is 0 Å². The minimum atomic E-state index is -1.64. The van der Waals surface area contributed by atoms with Gasteiger partial charge >= 0.3 is 11.9 Å². The third-order valence-electron chi connectivity index (χ3n) is 6.15. The molecule has 0 radical (unpaired) electrons. The number of amides is 2. The minimum Gasteiger partial charge on any atom is -0.481 e. The molecule has 9 atom stereocenters. The Hall–Kier alpha value is -2.36. The van der Waals surface area contributed by atoms with Crippen LogP contribution < -0.4 is 5.32 Å². The van der Waals surface area contributed by atoms with Gasteiger partial charge in [-0.2, -0.15) is 0 Å². The lowest BCUT2D eigenvalue weighted by Crippen LogP contribution is -2.60. The summed E-state index contributed by atoms with van der Waals surface area (Å²) in [5.41, 5.74) is 0. The molecule has 0 saturated carbocycles. The molecule has 14 nitrogen and oxygen atoms in total. The first-order valence-corrected chi connectivity index (χ1v) is 11.9. The number of aliphatic hydroxyl groups is 4. The van der Waals surface area contributed by atoms with Gasteiger partial charge in [-0.3, -0.25) is 14.4 Å². The molecule has 2 rings (SSSR count). The first-order chi connectivity index (χ1) is 16.9. The summed E-state index contributed by atoms with van der Waals surface area (Å²) in [7, 11) is 0. The molecule has 2 saturated heterocycles. The number of aliphatic carboxylic acids is 1. The van der Waals surface area contributed by atoms with Crippen molar-refractivity contribution in [1.29, 1.82) is 0 Å². The van der Waals surface area contributed by atoms with Gasteiger partial charge in [-0.25, -0.2) is 4.79 Å². The number of ether oxygens (including phenoxy) is 3. The van der Waals surface area contributed by atoms with E-state index in [4.69, 9.17) is 19.3 Å². The molecule has 6 N–H and O–H groups in total. The van der Waals surface area contributed by atoms with Crippen molar-refractivity contribution >= 4 is 23.8 Å². The maximum Gasteiger partial charge on any atom is 0.331 e. The average Bonchev–Trinajstić information content (AvgIpc) is 3.21. The van der Waals surface area contributed by atoms with E-state index in [2.05, 4.69) is 5.32 Å². The van der Waals surface area contributed by atoms with Gasteiger partial charge in [-0.05, 0) is 27.2 Å². The predicted octanol–water partition coefficient (Wildman–Crippen LogP) is -2.52. The van der Waals surface area contributed by atoms with Crippen molar-refractivity contribution in [2.24, 2.45) is 0 Å². The van der Waals surface area contributed by atoms with Gasteiger partial charge in [0.1, 0.15) is 24.4 Å². The monoisotopic (exact) mass is 520 g/mol. The number of hydrogen-bond acceptors (Lipinski definition) is 11. The van der Waals surface area contributed by atoms with E-state index in [1.807, 2.05) is 0 Å². The van der Waals surface area contributed by atoms with Crippen LogP contribution in [0.3, 0.4) is 0 Å². The molecule has 2 fully saturated rings. The van der Waals surface area contributed by atoms with Crippen LogP contribution in [0.15, 0.2) is 0 Å². The molecule has 0 aromatic rings. The van der Waals surface area contributed by atoms with Crippen LogP contribution >= 0.6 is 0 Å². The lowest BCUT2D eigenvalue weighted by atomic mass is 10.00. The van der Waals surface area contributed by atoms with Crippen molar-refractivity contribution < 1.29 is 58.9 Å². The van der Waals surface area contributed by atoms with Crippen molar-refractivity contribution in [2.75, 3.05) is 13.2 Å². The first kappa shape index (κ1) is 29.9. The van der Waals surface area contributed by atoms with Gasteiger partial charge in [0, 0.05) is 25.8 Å². The zero-order chi connectivity index (χ0) is 27.2. The molecule has 0 aromatic carbocycles. The number of hydrogen-bond donors (Lipinski definition) is 6. The average molecular weight is 521 g/mol. The van der Waals surface area contributed by atoms with Crippen LogP contribution in [0.1, 0.15) is 46.5 Å². The lowest BCUT2D eigenvalue weighted by molar-refractivity contribution is -0.304. The molecule has 14 heteroatoms. The highest BCUT2D eigenvalue weighted by Gasteiger charge is 2.45. The highest BCUT2D eigenvalue weighted by Crippen LogP contribution is 2.24. The fourth-order valence-electron chi connectivity index (χ4n) is 4.14. The second-order valence-corrected chi connectivity index (χ2v) is 8.96. The molecule has 0 aliphatic carbocycles. The van der Waals surface area contributed by atoms with Crippen LogP contribution in [0.2, 0.25) is 0 Å². The number of nitrogens with one attached hydrogen (secondary N) is 1. The molecular formula is C22H36N2O12. The lowest BCUT2D eigenvalue weighted by Gasteiger charge is -2.40. The second kappa shape index (κ2) is 13.3. The molecule has 2 unspecified atom stereocenters. The molecule has 0 aromatic heterocycles. The third kappa shape index (κ3) is 7.57. The van der Waals surface area contributed by atoms with Gasteiger partial charge in [-0.15, -0.1) is 0 Å². The van der Waals surface area contributed by atoms with Crippen molar-refractivity contribution in [2.45, 2.75) is 101 Å². The second-order valence-electron chi connectivity index (χ2n) is 8.96. The summed E-state index contributed by atoms with van der Waals surface area (Å²) in [6.45, 7) is 4.27. The normalized spacial score (nSPS) is 32.0. The number of esters is 1. The maximum absolute atomic E-state index is 13.1. The molecule has 0 bridgehead atoms. The molecule has 206 valence electrons. The summed E-state index contributed by atoms with van der Waals surface area (Å²) in [5, 5.41) is 51.4. The maximum atomic E-state index is 13.1. The molecule has 2 aliphatic heterocycles. The van der Waals surface area contributed by atoms with Crippen LogP contribution in [-0.2, 0) is 33.4 Å². The molecule has 2 aliphatic rings. The van der Waals surface area contributed by atoms with Gasteiger partial charge in [0.15, 0.2) is 12.3 Å². The molecular weight excluding hydrogens is 484 g/mol. The largest absolute Gasteiger partial charge is 0.481 e. The van der Waals surface area contributed by atoms with Crippen LogP contribution in [0.25, 0.3) is 0 Å². The number of aliphatic hydroxyl groups excluding tert-OH is 4. The Morgan fingerprint density at radius 1 is 1.08 bits per heavy atom. The van der Waals surface area contributed by atoms with Crippen LogP contribution in [0, 0.1) is 0 Å². The van der Waals surface area contributed by atoms with Crippen LogP contribution in [-0.4, -0.2) is 122 Å². The fourth-order valence-corrected chi connectivity index (χ4v) is 4.14. The minimum absolute atomic E-state index is 0.0151. The van der Waals surface area contributed by atoms with Crippen molar-refractivity contribution in [1.82, 2.24) is 10.2 Å². The van der Waals surface area contributed by atoms with Gasteiger partial charge in [0.2, 0.25) is 11.8 Å². The number of carboxylic acids is 1. The Kier molecular flexibility index (Phi) is 11.0. The molecule has 2 heterocycles. The van der Waals surface area contributed by atoms with E-state index in [-0.39, 0.29) is 38.8 Å². The van der Waals surface area contributed by atoms with E-state index in [9.17, 15) is 39.6 Å². The SMILES string of the molecule is CCOC(=O)[C@@H](NC(=O)[C@@H]1C[C@H](O)CN1C(=O)CCCC(=O)O)[C@@H](C)O[C@@H]1O[C@@H](C)[C@@H](O)C(O)C1O. The Labute approximate surface area is 208 Å². The summed E-state index contributed by atoms with van der Waals surface area (Å²) in [6.07, 6.45) is -9.40. The smallest absolute Gasteiger partial charge is 0.331 e. The fraction of sp³-hybridized carbons (Fsp3) is 0.818. The van der Waals surface area contributed by atoms with E-state index in [1.54, 1.807) is 6.92 Å². The summed E-state index contributed by atoms with van der Waals surface area (Å²) in [5.74, 6) is -3.20. The Morgan fingerprint density at radius 3 is 2.36 bits per heavy atom. The topological polar surface area (TPSA) is 212 Å². The number of nitrogens with zero attached hydrogens (tertiary/aromatic N) is 1. The quantitative estimate of drug-likeness (QED) is 0.156. The van der Waals surface area contributed by atoms with Crippen LogP contribution in [0.5, 0.6) is 0 Å².